The van der Waals surface area contributed by atoms with Crippen LogP contribution in [0.3, 0.4) is 0 Å². The van der Waals surface area contributed by atoms with Crippen molar-refractivity contribution in [3.63, 3.8) is 0 Å². The molecule has 0 radical (unpaired) electrons. The van der Waals surface area contributed by atoms with Gasteiger partial charge in [0.05, 0.1) is 17.2 Å². The van der Waals surface area contributed by atoms with Crippen molar-refractivity contribution in [2.75, 3.05) is 5.75 Å². The Hall–Kier alpha value is -3.18. The third-order valence-corrected chi connectivity index (χ3v) is 6.50. The van der Waals surface area contributed by atoms with E-state index in [1.54, 1.807) is 31.7 Å². The van der Waals surface area contributed by atoms with Gasteiger partial charge in [0.2, 0.25) is 5.95 Å². The lowest BCUT2D eigenvalue weighted by Gasteiger charge is -2.26. The van der Waals surface area contributed by atoms with Crippen molar-refractivity contribution in [1.82, 2.24) is 28.7 Å². The predicted molar refractivity (Wildman–Crippen MR) is 125 cm³/mol. The highest BCUT2D eigenvalue weighted by Gasteiger charge is 2.31. The Morgan fingerprint density at radius 3 is 2.76 bits per heavy atom. The predicted octanol–water partition coefficient (Wildman–Crippen LogP) is 3.10. The summed E-state index contributed by atoms with van der Waals surface area (Å²) < 4.78 is 9.69. The van der Waals surface area contributed by atoms with Crippen molar-refractivity contribution < 1.29 is 14.6 Å². The average Bonchev–Trinajstić information content (AvgIpc) is 3.30. The summed E-state index contributed by atoms with van der Waals surface area (Å²) in [5.41, 5.74) is 0.269. The van der Waals surface area contributed by atoms with Gasteiger partial charge in [0.25, 0.3) is 0 Å². The summed E-state index contributed by atoms with van der Waals surface area (Å²) >= 11 is 1.45. The molecule has 1 N–H and O–H groups in total. The minimum absolute atomic E-state index is 0.259. The Balaban J connectivity index is 1.72. The van der Waals surface area contributed by atoms with Crippen molar-refractivity contribution in [3.05, 3.63) is 47.3 Å². The number of nitrogens with zero attached hydrogens (tertiary/aromatic N) is 6. The summed E-state index contributed by atoms with van der Waals surface area (Å²) in [5, 5.41) is 10.2. The summed E-state index contributed by atoms with van der Waals surface area (Å²) in [6, 6.07) is 7.29. The molecule has 1 saturated heterocycles. The molecule has 4 aromatic rings. The van der Waals surface area contributed by atoms with Crippen molar-refractivity contribution in [1.29, 1.82) is 0 Å². The number of rotatable bonds is 2. The number of hydrogen-bond donors (Lipinski definition) is 1. The number of thioether (sulfide) groups is 1. The third kappa shape index (κ3) is 3.91. The number of ether oxygens (including phenoxy) is 1. The van der Waals surface area contributed by atoms with E-state index in [2.05, 4.69) is 15.0 Å². The Morgan fingerprint density at radius 2 is 2.00 bits per heavy atom. The minimum Gasteiger partial charge on any atom is -0.443 e. The molecule has 2 atom stereocenters. The summed E-state index contributed by atoms with van der Waals surface area (Å²) in [7, 11) is 0. The van der Waals surface area contributed by atoms with Crippen LogP contribution in [0.1, 0.15) is 39.7 Å². The van der Waals surface area contributed by atoms with E-state index in [0.29, 0.717) is 30.2 Å². The Labute approximate surface area is 193 Å². The van der Waals surface area contributed by atoms with E-state index < -0.39 is 22.8 Å². The van der Waals surface area contributed by atoms with E-state index in [1.165, 1.54) is 22.5 Å². The van der Waals surface area contributed by atoms with Crippen molar-refractivity contribution >= 4 is 40.1 Å². The van der Waals surface area contributed by atoms with Gasteiger partial charge in [-0.15, -0.1) is 11.8 Å². The van der Waals surface area contributed by atoms with Gasteiger partial charge in [-0.25, -0.2) is 19.6 Å². The number of para-hydroxylation sites is 2. The Bertz CT molecular complexity index is 1420. The maximum Gasteiger partial charge on any atom is 0.423 e. The molecule has 0 spiro atoms. The lowest BCUT2D eigenvalue weighted by Crippen LogP contribution is -2.36. The highest BCUT2D eigenvalue weighted by molar-refractivity contribution is 7.99. The first kappa shape index (κ1) is 21.7. The number of carbonyl (C=O) groups excluding carboxylic acids is 1. The highest BCUT2D eigenvalue weighted by atomic mass is 32.2. The summed E-state index contributed by atoms with van der Waals surface area (Å²) in [5.74, 6) is 1.03. The molecule has 33 heavy (non-hydrogen) atoms. The number of carbonyl (C=O) groups is 1. The van der Waals surface area contributed by atoms with Crippen LogP contribution in [-0.2, 0) is 4.74 Å². The van der Waals surface area contributed by atoms with Gasteiger partial charge in [-0.1, -0.05) is 12.1 Å². The second-order valence-electron chi connectivity index (χ2n) is 8.95. The molecular formula is C22H24N6O4S. The summed E-state index contributed by atoms with van der Waals surface area (Å²) in [6.07, 6.45) is 3.35. The zero-order chi connectivity index (χ0) is 23.3. The molecule has 10 nitrogen and oxygen atoms in total. The zero-order valence-corrected chi connectivity index (χ0v) is 19.3. The van der Waals surface area contributed by atoms with Crippen LogP contribution < -0.4 is 5.69 Å². The van der Waals surface area contributed by atoms with Crippen molar-refractivity contribution in [2.45, 2.75) is 50.7 Å². The van der Waals surface area contributed by atoms with Crippen LogP contribution in [0.15, 0.2) is 41.6 Å². The van der Waals surface area contributed by atoms with Gasteiger partial charge in [-0.3, -0.25) is 9.13 Å². The number of imidazole rings is 2. The molecule has 5 rings (SSSR count). The molecule has 0 bridgehead atoms. The quantitative estimate of drug-likeness (QED) is 0.477. The van der Waals surface area contributed by atoms with Gasteiger partial charge in [-0.2, -0.15) is 9.55 Å². The van der Waals surface area contributed by atoms with Crippen LogP contribution in [0, 0.1) is 0 Å². The molecule has 1 fully saturated rings. The molecule has 1 aliphatic heterocycles. The standard InChI is InChI=1S/C22H24N6O4S/c1-22(2,3)32-21(31)28-16-11-23-19(26-12-24-14-6-4-5-7-15(14)26)25-18(16)27(20(28)30)13-8-9-33-17(29)10-13/h4-7,11-13,17,29H,8-10H2,1-3H3. The summed E-state index contributed by atoms with van der Waals surface area (Å²) in [4.78, 5) is 39.9. The normalized spacial score (nSPS) is 19.3. The maximum absolute atomic E-state index is 13.5. The summed E-state index contributed by atoms with van der Waals surface area (Å²) in [6.45, 7) is 5.22. The van der Waals surface area contributed by atoms with Gasteiger partial charge in [0, 0.05) is 12.5 Å². The Morgan fingerprint density at radius 1 is 1.21 bits per heavy atom. The molecule has 3 aromatic heterocycles. The van der Waals surface area contributed by atoms with E-state index >= 15 is 0 Å². The topological polar surface area (TPSA) is 117 Å². The van der Waals surface area contributed by atoms with E-state index in [-0.39, 0.29) is 11.6 Å². The van der Waals surface area contributed by atoms with Gasteiger partial charge in [0.1, 0.15) is 22.9 Å². The number of hydrogen-bond acceptors (Lipinski definition) is 8. The van der Waals surface area contributed by atoms with Gasteiger partial charge < -0.3 is 9.84 Å². The molecule has 0 aliphatic carbocycles. The first-order valence-corrected chi connectivity index (χ1v) is 11.7. The smallest absolute Gasteiger partial charge is 0.423 e. The number of benzene rings is 1. The molecule has 0 saturated carbocycles. The molecule has 11 heteroatoms. The van der Waals surface area contributed by atoms with E-state index in [9.17, 15) is 14.7 Å². The molecule has 2 unspecified atom stereocenters. The largest absolute Gasteiger partial charge is 0.443 e. The number of aromatic nitrogens is 6. The average molecular weight is 469 g/mol. The van der Waals surface area contributed by atoms with E-state index in [4.69, 9.17) is 4.74 Å². The third-order valence-electron chi connectivity index (χ3n) is 5.45. The molecule has 1 aliphatic rings. The van der Waals surface area contributed by atoms with Crippen LogP contribution in [0.25, 0.3) is 28.1 Å². The van der Waals surface area contributed by atoms with Crippen LogP contribution in [0.2, 0.25) is 0 Å². The van der Waals surface area contributed by atoms with E-state index in [1.807, 2.05) is 24.3 Å². The fourth-order valence-electron chi connectivity index (χ4n) is 4.03. The minimum atomic E-state index is -0.786. The first-order chi connectivity index (χ1) is 15.7. The van der Waals surface area contributed by atoms with Crippen LogP contribution in [0.5, 0.6) is 0 Å². The molecule has 172 valence electrons. The maximum atomic E-state index is 13.5. The second kappa shape index (κ2) is 7.99. The number of aliphatic hydroxyl groups excluding tert-OH is 1. The SMILES string of the molecule is CC(C)(C)OC(=O)n1c(=O)n(C2CCSC(O)C2)c2nc(-n3cnc4ccccc43)ncc21. The fraction of sp³-hybridized carbons (Fsp3) is 0.409. The molecule has 1 aromatic carbocycles. The highest BCUT2D eigenvalue weighted by Crippen LogP contribution is 2.32. The lowest BCUT2D eigenvalue weighted by atomic mass is 10.1. The van der Waals surface area contributed by atoms with Crippen molar-refractivity contribution in [3.8, 4) is 5.95 Å². The fourth-order valence-corrected chi connectivity index (χ4v) is 5.07. The molecule has 4 heterocycles. The van der Waals surface area contributed by atoms with Gasteiger partial charge in [0.15, 0.2) is 5.65 Å². The lowest BCUT2D eigenvalue weighted by molar-refractivity contribution is 0.0536. The number of fused-ring (bicyclic) bond motifs is 2. The number of aliphatic hydroxyl groups is 1. The first-order valence-electron chi connectivity index (χ1n) is 10.7. The van der Waals surface area contributed by atoms with Crippen LogP contribution >= 0.6 is 11.8 Å². The zero-order valence-electron chi connectivity index (χ0n) is 18.5. The molecular weight excluding hydrogens is 444 g/mol. The van der Waals surface area contributed by atoms with Gasteiger partial charge in [-0.05, 0) is 45.1 Å². The second-order valence-corrected chi connectivity index (χ2v) is 10.2. The molecule has 0 amide bonds. The van der Waals surface area contributed by atoms with Crippen LogP contribution in [0.4, 0.5) is 4.79 Å². The Kier molecular flexibility index (Phi) is 5.25. The monoisotopic (exact) mass is 468 g/mol. The van der Waals surface area contributed by atoms with Crippen molar-refractivity contribution in [2.24, 2.45) is 0 Å². The van der Waals surface area contributed by atoms with Gasteiger partial charge >= 0.3 is 11.8 Å². The van der Waals surface area contributed by atoms with E-state index in [0.717, 1.165) is 15.6 Å². The van der Waals surface area contributed by atoms with Crippen LogP contribution in [-0.4, -0.2) is 56.6 Å².